The molecule has 0 aliphatic carbocycles. The average molecular weight is 239 g/mol. The second-order valence-corrected chi connectivity index (χ2v) is 5.65. The number of hydrogen-bond acceptors (Lipinski definition) is 4. The molecular weight excluding hydrogens is 214 g/mol. The molecule has 3 N–H and O–H groups in total. The van der Waals surface area contributed by atoms with Crippen molar-refractivity contribution in [1.29, 1.82) is 0 Å². The fraction of sp³-hybridized carbons (Fsp3) is 0.833. The van der Waals surface area contributed by atoms with Crippen molar-refractivity contribution in [1.82, 2.24) is 20.3 Å². The number of nitrogens with one attached hydrogen (secondary N) is 1. The largest absolute Gasteiger partial charge is 0.325 e. The van der Waals surface area contributed by atoms with Crippen LogP contribution in [0.2, 0.25) is 0 Å². The molecule has 98 valence electrons. The Kier molecular flexibility index (Phi) is 5.08. The van der Waals surface area contributed by atoms with Crippen LogP contribution in [0, 0.1) is 11.3 Å². The third kappa shape index (κ3) is 4.83. The van der Waals surface area contributed by atoms with Gasteiger partial charge in [0, 0.05) is 19.3 Å². The lowest BCUT2D eigenvalue weighted by atomic mass is 9.82. The van der Waals surface area contributed by atoms with Gasteiger partial charge in [0.05, 0.1) is 12.2 Å². The van der Waals surface area contributed by atoms with Crippen LogP contribution in [0.4, 0.5) is 0 Å². The first-order valence-corrected chi connectivity index (χ1v) is 6.23. The molecule has 17 heavy (non-hydrogen) atoms. The molecule has 0 radical (unpaired) electrons. The highest BCUT2D eigenvalue weighted by molar-refractivity contribution is 4.90. The highest BCUT2D eigenvalue weighted by Crippen LogP contribution is 2.24. The first-order chi connectivity index (χ1) is 7.93. The van der Waals surface area contributed by atoms with Gasteiger partial charge in [-0.05, 0) is 17.9 Å². The standard InChI is InChI=1S/C12H25N5/c1-10(12(2,3)4)8-14-5-6-17-9-11(7-13)15-16-17/h9-10,14H,5-8,13H2,1-4H3. The van der Waals surface area contributed by atoms with Crippen LogP contribution in [0.15, 0.2) is 6.20 Å². The van der Waals surface area contributed by atoms with E-state index in [2.05, 4.69) is 43.3 Å². The van der Waals surface area contributed by atoms with Gasteiger partial charge >= 0.3 is 0 Å². The van der Waals surface area contributed by atoms with Crippen LogP contribution < -0.4 is 11.1 Å². The molecule has 5 heteroatoms. The molecule has 1 rings (SSSR count). The SMILES string of the molecule is CC(CNCCn1cc(CN)nn1)C(C)(C)C. The number of nitrogens with two attached hydrogens (primary N) is 1. The van der Waals surface area contributed by atoms with Crippen LogP contribution in [-0.2, 0) is 13.1 Å². The van der Waals surface area contributed by atoms with E-state index >= 15 is 0 Å². The van der Waals surface area contributed by atoms with Gasteiger partial charge in [-0.1, -0.05) is 32.9 Å². The van der Waals surface area contributed by atoms with E-state index in [0.29, 0.717) is 17.9 Å². The predicted octanol–water partition coefficient (Wildman–Crippen LogP) is 1.01. The Morgan fingerprint density at radius 1 is 1.47 bits per heavy atom. The molecule has 0 spiro atoms. The fourth-order valence-electron chi connectivity index (χ4n) is 1.36. The molecule has 0 amide bonds. The molecule has 0 aliphatic rings. The van der Waals surface area contributed by atoms with Crippen molar-refractivity contribution in [2.45, 2.75) is 40.8 Å². The van der Waals surface area contributed by atoms with E-state index in [9.17, 15) is 0 Å². The van der Waals surface area contributed by atoms with Gasteiger partial charge in [0.1, 0.15) is 0 Å². The van der Waals surface area contributed by atoms with Crippen molar-refractivity contribution in [3.63, 3.8) is 0 Å². The van der Waals surface area contributed by atoms with E-state index in [4.69, 9.17) is 5.73 Å². The van der Waals surface area contributed by atoms with E-state index in [1.54, 1.807) is 0 Å². The van der Waals surface area contributed by atoms with Gasteiger partial charge in [-0.25, -0.2) is 0 Å². The van der Waals surface area contributed by atoms with Crippen LogP contribution in [0.1, 0.15) is 33.4 Å². The highest BCUT2D eigenvalue weighted by Gasteiger charge is 2.18. The molecule has 1 unspecified atom stereocenters. The summed E-state index contributed by atoms with van der Waals surface area (Å²) in [6.07, 6.45) is 1.90. The zero-order valence-electron chi connectivity index (χ0n) is 11.4. The van der Waals surface area contributed by atoms with E-state index < -0.39 is 0 Å². The Bertz CT molecular complexity index is 326. The first kappa shape index (κ1) is 14.1. The zero-order chi connectivity index (χ0) is 12.9. The lowest BCUT2D eigenvalue weighted by molar-refractivity contribution is 0.252. The molecule has 1 aromatic rings. The van der Waals surface area contributed by atoms with Crippen molar-refractivity contribution in [3.8, 4) is 0 Å². The molecule has 0 bridgehead atoms. The third-order valence-corrected chi connectivity index (χ3v) is 3.24. The summed E-state index contributed by atoms with van der Waals surface area (Å²) in [6.45, 7) is 12.3. The number of rotatable bonds is 6. The van der Waals surface area contributed by atoms with E-state index in [-0.39, 0.29) is 0 Å². The number of aromatic nitrogens is 3. The summed E-state index contributed by atoms with van der Waals surface area (Å²) >= 11 is 0. The van der Waals surface area contributed by atoms with Crippen molar-refractivity contribution in [2.24, 2.45) is 17.1 Å². The summed E-state index contributed by atoms with van der Waals surface area (Å²) in [5.41, 5.74) is 6.67. The van der Waals surface area contributed by atoms with Gasteiger partial charge in [0.15, 0.2) is 0 Å². The fourth-order valence-corrected chi connectivity index (χ4v) is 1.36. The van der Waals surface area contributed by atoms with Gasteiger partial charge in [-0.2, -0.15) is 0 Å². The second kappa shape index (κ2) is 6.12. The lowest BCUT2D eigenvalue weighted by Crippen LogP contribution is -2.31. The summed E-state index contributed by atoms with van der Waals surface area (Å²) in [5.74, 6) is 0.651. The average Bonchev–Trinajstić information content (AvgIpc) is 2.70. The number of nitrogens with zero attached hydrogens (tertiary/aromatic N) is 3. The minimum Gasteiger partial charge on any atom is -0.325 e. The monoisotopic (exact) mass is 239 g/mol. The smallest absolute Gasteiger partial charge is 0.0962 e. The van der Waals surface area contributed by atoms with Crippen molar-refractivity contribution < 1.29 is 0 Å². The molecule has 1 heterocycles. The van der Waals surface area contributed by atoms with E-state index in [1.807, 2.05) is 10.9 Å². The van der Waals surface area contributed by atoms with Crippen molar-refractivity contribution in [3.05, 3.63) is 11.9 Å². The summed E-state index contributed by atoms with van der Waals surface area (Å²) in [7, 11) is 0. The molecule has 0 saturated heterocycles. The molecule has 5 nitrogen and oxygen atoms in total. The summed E-state index contributed by atoms with van der Waals surface area (Å²) < 4.78 is 1.83. The molecule has 1 aromatic heterocycles. The lowest BCUT2D eigenvalue weighted by Gasteiger charge is -2.27. The minimum atomic E-state index is 0.354. The van der Waals surface area contributed by atoms with Gasteiger partial charge in [-0.15, -0.1) is 5.10 Å². The van der Waals surface area contributed by atoms with Crippen molar-refractivity contribution in [2.75, 3.05) is 13.1 Å². The van der Waals surface area contributed by atoms with Crippen LogP contribution in [0.25, 0.3) is 0 Å². The quantitative estimate of drug-likeness (QED) is 0.727. The maximum atomic E-state index is 5.47. The molecule has 0 aliphatic heterocycles. The molecule has 0 saturated carbocycles. The Balaban J connectivity index is 2.20. The first-order valence-electron chi connectivity index (χ1n) is 6.23. The molecule has 0 aromatic carbocycles. The Morgan fingerprint density at radius 3 is 2.71 bits per heavy atom. The predicted molar refractivity (Wildman–Crippen MR) is 69.4 cm³/mol. The Hall–Kier alpha value is -0.940. The number of hydrogen-bond donors (Lipinski definition) is 2. The second-order valence-electron chi connectivity index (χ2n) is 5.65. The topological polar surface area (TPSA) is 68.8 Å². The maximum Gasteiger partial charge on any atom is 0.0962 e. The van der Waals surface area contributed by atoms with Crippen LogP contribution in [0.3, 0.4) is 0 Å². The summed E-state index contributed by atoms with van der Waals surface area (Å²) in [5, 5.41) is 11.4. The van der Waals surface area contributed by atoms with Gasteiger partial charge in [0.2, 0.25) is 0 Å². The molecular formula is C12H25N5. The van der Waals surface area contributed by atoms with Crippen molar-refractivity contribution >= 4 is 0 Å². The normalized spacial score (nSPS) is 13.9. The van der Waals surface area contributed by atoms with Gasteiger partial charge < -0.3 is 11.1 Å². The van der Waals surface area contributed by atoms with E-state index in [1.165, 1.54) is 0 Å². The highest BCUT2D eigenvalue weighted by atomic mass is 15.4. The molecule has 1 atom stereocenters. The zero-order valence-corrected chi connectivity index (χ0v) is 11.4. The van der Waals surface area contributed by atoms with Crippen LogP contribution in [-0.4, -0.2) is 28.1 Å². The minimum absolute atomic E-state index is 0.354. The Morgan fingerprint density at radius 2 is 2.18 bits per heavy atom. The maximum absolute atomic E-state index is 5.47. The third-order valence-electron chi connectivity index (χ3n) is 3.24. The molecule has 0 fully saturated rings. The van der Waals surface area contributed by atoms with E-state index in [0.717, 1.165) is 25.3 Å². The van der Waals surface area contributed by atoms with Gasteiger partial charge in [0.25, 0.3) is 0 Å². The van der Waals surface area contributed by atoms with Crippen LogP contribution >= 0.6 is 0 Å². The van der Waals surface area contributed by atoms with Crippen LogP contribution in [0.5, 0.6) is 0 Å². The summed E-state index contributed by atoms with van der Waals surface area (Å²) in [4.78, 5) is 0. The summed E-state index contributed by atoms with van der Waals surface area (Å²) in [6, 6.07) is 0. The Labute approximate surface area is 104 Å². The van der Waals surface area contributed by atoms with Gasteiger partial charge in [-0.3, -0.25) is 4.68 Å².